The molecule has 38 heavy (non-hydrogen) atoms. The summed E-state index contributed by atoms with van der Waals surface area (Å²) in [5.41, 5.74) is 3.02. The summed E-state index contributed by atoms with van der Waals surface area (Å²) in [6.45, 7) is 7.67. The molecule has 0 spiro atoms. The monoisotopic (exact) mass is 516 g/mol. The molecule has 1 aromatic heterocycles. The first-order chi connectivity index (χ1) is 18.1. The molecule has 4 aromatic rings. The Kier molecular flexibility index (Phi) is 8.15. The van der Waals surface area contributed by atoms with Crippen molar-refractivity contribution in [1.82, 2.24) is 9.55 Å². The van der Waals surface area contributed by atoms with E-state index in [9.17, 15) is 19.4 Å². The minimum absolute atomic E-state index is 0.0999. The number of halogens is 1. The van der Waals surface area contributed by atoms with Crippen molar-refractivity contribution < 1.29 is 24.1 Å². The molecule has 1 heterocycles. The lowest BCUT2D eigenvalue weighted by Gasteiger charge is -2.20. The Morgan fingerprint density at radius 3 is 2.45 bits per heavy atom. The average molecular weight is 517 g/mol. The summed E-state index contributed by atoms with van der Waals surface area (Å²) in [7, 11) is 0. The lowest BCUT2D eigenvalue weighted by molar-refractivity contribution is 0.0692. The fourth-order valence-electron chi connectivity index (χ4n) is 4.53. The molecule has 0 unspecified atom stereocenters. The number of rotatable bonds is 10. The van der Waals surface area contributed by atoms with Crippen LogP contribution in [-0.4, -0.2) is 32.3 Å². The average Bonchev–Trinajstić information content (AvgIpc) is 3.22. The summed E-state index contributed by atoms with van der Waals surface area (Å²) in [5.74, 6) is -0.278. The van der Waals surface area contributed by atoms with Gasteiger partial charge >= 0.3 is 5.97 Å². The van der Waals surface area contributed by atoms with E-state index in [2.05, 4.69) is 25.3 Å². The second kappa shape index (κ2) is 11.5. The zero-order chi connectivity index (χ0) is 27.3. The van der Waals surface area contributed by atoms with E-state index in [1.807, 2.05) is 36.5 Å². The van der Waals surface area contributed by atoms with Gasteiger partial charge in [0.05, 0.1) is 6.54 Å². The van der Waals surface area contributed by atoms with E-state index in [-0.39, 0.29) is 16.7 Å². The van der Waals surface area contributed by atoms with Gasteiger partial charge in [0, 0.05) is 24.4 Å². The molecule has 0 bridgehead atoms. The topological polar surface area (TPSA) is 84.6 Å². The molecule has 0 aliphatic carbocycles. The number of aromatic carboxylic acids is 1. The van der Waals surface area contributed by atoms with Crippen LogP contribution in [0.2, 0.25) is 0 Å². The summed E-state index contributed by atoms with van der Waals surface area (Å²) in [6, 6.07) is 18.6. The van der Waals surface area contributed by atoms with Gasteiger partial charge in [-0.25, -0.2) is 14.2 Å². The van der Waals surface area contributed by atoms with Crippen LogP contribution < -0.4 is 4.74 Å². The highest BCUT2D eigenvalue weighted by molar-refractivity contribution is 5.96. The lowest BCUT2D eigenvalue weighted by Crippen LogP contribution is -2.18. The minimum atomic E-state index is -1.28. The zero-order valence-electron chi connectivity index (χ0n) is 21.9. The molecule has 3 aromatic carbocycles. The van der Waals surface area contributed by atoms with Gasteiger partial charge in [-0.05, 0) is 53.1 Å². The Morgan fingerprint density at radius 2 is 1.76 bits per heavy atom. The highest BCUT2D eigenvalue weighted by Gasteiger charge is 2.19. The van der Waals surface area contributed by atoms with E-state index in [1.54, 1.807) is 24.3 Å². The molecule has 6 nitrogen and oxygen atoms in total. The van der Waals surface area contributed by atoms with Gasteiger partial charge in [-0.2, -0.15) is 0 Å². The number of hydrogen-bond donors (Lipinski definition) is 2. The fourth-order valence-corrected chi connectivity index (χ4v) is 4.53. The van der Waals surface area contributed by atoms with Gasteiger partial charge in [-0.15, -0.1) is 0 Å². The molecule has 0 aliphatic heterocycles. The third-order valence-electron chi connectivity index (χ3n) is 6.26. The molecule has 0 atom stereocenters. The van der Waals surface area contributed by atoms with Crippen molar-refractivity contribution in [3.63, 3.8) is 0 Å². The highest BCUT2D eigenvalue weighted by Crippen LogP contribution is 2.27. The van der Waals surface area contributed by atoms with E-state index in [1.165, 1.54) is 6.07 Å². The van der Waals surface area contributed by atoms with Crippen LogP contribution in [0.3, 0.4) is 0 Å². The van der Waals surface area contributed by atoms with E-state index >= 15 is 0 Å². The third-order valence-corrected chi connectivity index (χ3v) is 6.26. The first-order valence-electron chi connectivity index (χ1n) is 12.7. The van der Waals surface area contributed by atoms with Gasteiger partial charge in [0.2, 0.25) is 0 Å². The van der Waals surface area contributed by atoms with Crippen LogP contribution in [0.1, 0.15) is 48.2 Å². The fraction of sp³-hybridized carbons (Fsp3) is 0.290. The zero-order valence-corrected chi connectivity index (χ0v) is 21.9. The number of imidazole rings is 1. The van der Waals surface area contributed by atoms with E-state index in [0.717, 1.165) is 42.4 Å². The number of benzene rings is 3. The molecule has 198 valence electrons. The van der Waals surface area contributed by atoms with Crippen molar-refractivity contribution >= 4 is 5.97 Å². The number of hydrogen-bond acceptors (Lipinski definition) is 4. The van der Waals surface area contributed by atoms with Crippen molar-refractivity contribution in [2.75, 3.05) is 6.61 Å². The van der Waals surface area contributed by atoms with Crippen molar-refractivity contribution in [1.29, 1.82) is 0 Å². The maximum atomic E-state index is 14.1. The van der Waals surface area contributed by atoms with Crippen molar-refractivity contribution in [2.24, 2.45) is 5.41 Å². The van der Waals surface area contributed by atoms with Crippen LogP contribution in [-0.2, 0) is 25.8 Å². The van der Waals surface area contributed by atoms with E-state index in [0.29, 0.717) is 30.0 Å². The molecule has 0 saturated heterocycles. The number of ether oxygens (including phenoxy) is 1. The van der Waals surface area contributed by atoms with E-state index < -0.39 is 11.8 Å². The van der Waals surface area contributed by atoms with Gasteiger partial charge in [-0.1, -0.05) is 63.2 Å². The number of phenols is 1. The molecule has 0 radical (unpaired) electrons. The maximum absolute atomic E-state index is 14.1. The molecule has 0 aliphatic rings. The van der Waals surface area contributed by atoms with E-state index in [4.69, 9.17) is 9.72 Å². The Morgan fingerprint density at radius 1 is 1.03 bits per heavy atom. The SMILES string of the molecule is CC(C)(C)Cc1cnc(CCc2ccc(-c3cccc(F)c3C(=O)O)cc2)n1CCOc1cccc(O)c1. The predicted molar refractivity (Wildman–Crippen MR) is 145 cm³/mol. The van der Waals surface area contributed by atoms with Gasteiger partial charge in [0.15, 0.2) is 0 Å². The standard InChI is InChI=1S/C31H33FN2O4/c1-31(2,3)19-23-20-33-28(34(23)16-17-38-25-7-4-6-24(35)18-25)15-12-21-10-13-22(14-11-21)26-8-5-9-27(32)29(26)30(36)37/h4-11,13-14,18,20,35H,12,15-17,19H2,1-3H3,(H,36,37). The Hall–Kier alpha value is -4.13. The first-order valence-corrected chi connectivity index (χ1v) is 12.7. The Bertz CT molecular complexity index is 1400. The van der Waals surface area contributed by atoms with Crippen LogP contribution in [0.5, 0.6) is 11.5 Å². The summed E-state index contributed by atoms with van der Waals surface area (Å²) in [4.78, 5) is 16.3. The van der Waals surface area contributed by atoms with Crippen molar-refractivity contribution in [2.45, 2.75) is 46.6 Å². The van der Waals surface area contributed by atoms with Crippen molar-refractivity contribution in [3.05, 3.63) is 101 Å². The number of carboxylic acids is 1. The summed E-state index contributed by atoms with van der Waals surface area (Å²) in [5, 5.41) is 19.1. The maximum Gasteiger partial charge on any atom is 0.339 e. The predicted octanol–water partition coefficient (Wildman–Crippen LogP) is 6.55. The molecule has 0 amide bonds. The van der Waals surface area contributed by atoms with Gasteiger partial charge in [0.25, 0.3) is 0 Å². The molecule has 0 saturated carbocycles. The van der Waals surface area contributed by atoms with Crippen LogP contribution in [0.4, 0.5) is 4.39 Å². The summed E-state index contributed by atoms with van der Waals surface area (Å²) >= 11 is 0. The second-order valence-corrected chi connectivity index (χ2v) is 10.6. The Labute approximate surface area is 222 Å². The first kappa shape index (κ1) is 26.9. The molecule has 2 N–H and O–H groups in total. The number of nitrogens with zero attached hydrogens (tertiary/aromatic N) is 2. The molecule has 0 fully saturated rings. The quantitative estimate of drug-likeness (QED) is 0.250. The number of carbonyl (C=O) groups is 1. The summed E-state index contributed by atoms with van der Waals surface area (Å²) in [6.07, 6.45) is 4.28. The largest absolute Gasteiger partial charge is 0.508 e. The minimum Gasteiger partial charge on any atom is -0.508 e. The van der Waals surface area contributed by atoms with Crippen LogP contribution >= 0.6 is 0 Å². The highest BCUT2D eigenvalue weighted by atomic mass is 19.1. The van der Waals surface area contributed by atoms with Crippen LogP contribution in [0.15, 0.2) is 72.9 Å². The molecular formula is C31H33FN2O4. The smallest absolute Gasteiger partial charge is 0.339 e. The molecular weight excluding hydrogens is 483 g/mol. The normalized spacial score (nSPS) is 11.5. The second-order valence-electron chi connectivity index (χ2n) is 10.6. The van der Waals surface area contributed by atoms with Gasteiger partial charge in [0.1, 0.15) is 35.3 Å². The number of aromatic hydroxyl groups is 1. The Balaban J connectivity index is 1.47. The number of aromatic nitrogens is 2. The lowest BCUT2D eigenvalue weighted by atomic mass is 9.91. The summed E-state index contributed by atoms with van der Waals surface area (Å²) < 4.78 is 22.2. The van der Waals surface area contributed by atoms with Crippen molar-refractivity contribution in [3.8, 4) is 22.6 Å². The van der Waals surface area contributed by atoms with Crippen LogP contribution in [0, 0.1) is 11.2 Å². The molecule has 4 rings (SSSR count). The van der Waals surface area contributed by atoms with Crippen LogP contribution in [0.25, 0.3) is 11.1 Å². The van der Waals surface area contributed by atoms with Gasteiger partial charge in [-0.3, -0.25) is 0 Å². The van der Waals surface area contributed by atoms with Gasteiger partial charge < -0.3 is 19.5 Å². The third kappa shape index (κ3) is 6.79. The number of phenolic OH excluding ortho intramolecular Hbond substituents is 1. The molecule has 7 heteroatoms. The number of carboxylic acid groups (broad SMARTS) is 1. The number of aryl methyl sites for hydroxylation is 2.